The van der Waals surface area contributed by atoms with Gasteiger partial charge in [-0.1, -0.05) is 5.21 Å². The number of pyridine rings is 1. The van der Waals surface area contributed by atoms with E-state index in [4.69, 9.17) is 5.26 Å². The number of nitriles is 1. The van der Waals surface area contributed by atoms with Crippen molar-refractivity contribution < 1.29 is 4.39 Å². The van der Waals surface area contributed by atoms with Crippen LogP contribution < -0.4 is 0 Å². The first-order valence-electron chi connectivity index (χ1n) is 6.23. The Morgan fingerprint density at radius 1 is 1.24 bits per heavy atom. The van der Waals surface area contributed by atoms with E-state index in [1.165, 1.54) is 12.3 Å². The predicted octanol–water partition coefficient (Wildman–Crippen LogP) is 2.65. The third kappa shape index (κ3) is 2.49. The number of hydrogen-bond donors (Lipinski definition) is 0. The van der Waals surface area contributed by atoms with Gasteiger partial charge in [-0.05, 0) is 42.8 Å². The maximum atomic E-state index is 13.0. The molecule has 3 rings (SSSR count). The highest BCUT2D eigenvalue weighted by Crippen LogP contribution is 2.21. The molecular formula is C15H10FN5. The van der Waals surface area contributed by atoms with Gasteiger partial charge in [-0.15, -0.1) is 5.10 Å². The van der Waals surface area contributed by atoms with Crippen molar-refractivity contribution in [1.29, 1.82) is 5.26 Å². The van der Waals surface area contributed by atoms with Crippen LogP contribution in [0.3, 0.4) is 0 Å². The molecule has 2 heterocycles. The van der Waals surface area contributed by atoms with Gasteiger partial charge in [-0.25, -0.2) is 9.67 Å². The molecule has 0 amide bonds. The zero-order valence-corrected chi connectivity index (χ0v) is 11.2. The number of aromatic nitrogens is 4. The molecule has 0 bridgehead atoms. The molecule has 0 aliphatic heterocycles. The Morgan fingerprint density at radius 2 is 2.00 bits per heavy atom. The van der Waals surface area contributed by atoms with Gasteiger partial charge < -0.3 is 0 Å². The minimum absolute atomic E-state index is 0.518. The van der Waals surface area contributed by atoms with Crippen molar-refractivity contribution in [2.45, 2.75) is 6.92 Å². The lowest BCUT2D eigenvalue weighted by Crippen LogP contribution is -1.94. The first-order valence-corrected chi connectivity index (χ1v) is 6.23. The van der Waals surface area contributed by atoms with Crippen molar-refractivity contribution in [1.82, 2.24) is 20.0 Å². The second-order valence-corrected chi connectivity index (χ2v) is 4.53. The highest BCUT2D eigenvalue weighted by atomic mass is 19.1. The molecule has 0 atom stereocenters. The quantitative estimate of drug-likeness (QED) is 0.676. The summed E-state index contributed by atoms with van der Waals surface area (Å²) in [7, 11) is 0. The van der Waals surface area contributed by atoms with E-state index in [1.54, 1.807) is 42.1 Å². The van der Waals surface area contributed by atoms with Crippen molar-refractivity contribution in [2.75, 3.05) is 0 Å². The minimum Gasteiger partial charge on any atom is -0.228 e. The summed E-state index contributed by atoms with van der Waals surface area (Å²) in [5.41, 5.74) is 3.47. The zero-order valence-electron chi connectivity index (χ0n) is 11.2. The van der Waals surface area contributed by atoms with Gasteiger partial charge in [0.15, 0.2) is 0 Å². The van der Waals surface area contributed by atoms with Gasteiger partial charge in [0.05, 0.1) is 23.5 Å². The lowest BCUT2D eigenvalue weighted by Gasteiger charge is -2.01. The van der Waals surface area contributed by atoms with Gasteiger partial charge >= 0.3 is 0 Å². The van der Waals surface area contributed by atoms with E-state index < -0.39 is 5.95 Å². The Kier molecular flexibility index (Phi) is 3.16. The average Bonchev–Trinajstić information content (AvgIpc) is 2.97. The van der Waals surface area contributed by atoms with E-state index in [0.717, 1.165) is 16.8 Å². The topological polar surface area (TPSA) is 67.4 Å². The summed E-state index contributed by atoms with van der Waals surface area (Å²) in [5, 5.41) is 16.9. The molecule has 2 aromatic heterocycles. The van der Waals surface area contributed by atoms with Crippen LogP contribution in [-0.2, 0) is 0 Å². The summed E-state index contributed by atoms with van der Waals surface area (Å²) in [6.07, 6.45) is 3.18. The van der Waals surface area contributed by atoms with Gasteiger partial charge in [0.1, 0.15) is 5.69 Å². The molecule has 0 unspecified atom stereocenters. The summed E-state index contributed by atoms with van der Waals surface area (Å²) in [6, 6.07) is 10.4. The Morgan fingerprint density at radius 3 is 2.67 bits per heavy atom. The smallest absolute Gasteiger partial charge is 0.213 e. The number of benzene rings is 1. The lowest BCUT2D eigenvalue weighted by atomic mass is 10.1. The summed E-state index contributed by atoms with van der Waals surface area (Å²) in [6.45, 7) is 1.79. The van der Waals surface area contributed by atoms with E-state index in [0.29, 0.717) is 11.3 Å². The summed E-state index contributed by atoms with van der Waals surface area (Å²) in [5.74, 6) is -0.518. The molecule has 0 N–H and O–H groups in total. The number of nitrogens with zero attached hydrogens (tertiary/aromatic N) is 5. The van der Waals surface area contributed by atoms with E-state index in [-0.39, 0.29) is 0 Å². The molecule has 0 fully saturated rings. The highest BCUT2D eigenvalue weighted by molar-refractivity contribution is 5.61. The molecular weight excluding hydrogens is 269 g/mol. The fourth-order valence-corrected chi connectivity index (χ4v) is 1.99. The van der Waals surface area contributed by atoms with Gasteiger partial charge in [0, 0.05) is 11.8 Å². The van der Waals surface area contributed by atoms with Crippen LogP contribution in [0.4, 0.5) is 4.39 Å². The Bertz CT molecular complexity index is 830. The van der Waals surface area contributed by atoms with Crippen LogP contribution in [0, 0.1) is 24.2 Å². The van der Waals surface area contributed by atoms with Gasteiger partial charge in [-0.3, -0.25) is 0 Å². The summed E-state index contributed by atoms with van der Waals surface area (Å²) >= 11 is 0. The van der Waals surface area contributed by atoms with Gasteiger partial charge in [0.25, 0.3) is 0 Å². The molecule has 0 saturated carbocycles. The average molecular weight is 279 g/mol. The van der Waals surface area contributed by atoms with Crippen LogP contribution in [0.1, 0.15) is 11.1 Å². The van der Waals surface area contributed by atoms with Crippen molar-refractivity contribution in [3.63, 3.8) is 0 Å². The number of aryl methyl sites for hydroxylation is 1. The summed E-state index contributed by atoms with van der Waals surface area (Å²) in [4.78, 5) is 3.64. The molecule has 5 nitrogen and oxygen atoms in total. The second-order valence-electron chi connectivity index (χ2n) is 4.53. The monoisotopic (exact) mass is 279 g/mol. The number of rotatable bonds is 2. The molecule has 1 aromatic carbocycles. The zero-order chi connectivity index (χ0) is 14.8. The molecule has 3 aromatic rings. The van der Waals surface area contributed by atoms with E-state index >= 15 is 0 Å². The van der Waals surface area contributed by atoms with Crippen molar-refractivity contribution in [2.24, 2.45) is 0 Å². The third-order valence-corrected chi connectivity index (χ3v) is 3.11. The maximum Gasteiger partial charge on any atom is 0.213 e. The van der Waals surface area contributed by atoms with E-state index in [1.807, 2.05) is 0 Å². The van der Waals surface area contributed by atoms with E-state index in [2.05, 4.69) is 21.4 Å². The number of hydrogen-bond acceptors (Lipinski definition) is 4. The second kappa shape index (κ2) is 5.13. The molecule has 0 aliphatic rings. The van der Waals surface area contributed by atoms with Gasteiger partial charge in [-0.2, -0.15) is 9.65 Å². The van der Waals surface area contributed by atoms with Crippen LogP contribution in [0.15, 0.2) is 42.7 Å². The summed E-state index contributed by atoms with van der Waals surface area (Å²) < 4.78 is 14.6. The minimum atomic E-state index is -0.518. The molecule has 102 valence electrons. The largest absolute Gasteiger partial charge is 0.228 e. The Hall–Kier alpha value is -3.07. The first kappa shape index (κ1) is 12.9. The standard InChI is InChI=1S/C15H10FN5/c1-10-6-15(16)18-8-13(10)14-9-21(20-19-14)12-4-2-11(7-17)3-5-12/h2-6,8-9H,1H3. The fraction of sp³-hybridized carbons (Fsp3) is 0.0667. The van der Waals surface area contributed by atoms with Crippen LogP contribution in [0.25, 0.3) is 16.9 Å². The first-order chi connectivity index (χ1) is 10.2. The SMILES string of the molecule is Cc1cc(F)ncc1-c1cn(-c2ccc(C#N)cc2)nn1. The van der Waals surface area contributed by atoms with Crippen LogP contribution >= 0.6 is 0 Å². The Balaban J connectivity index is 1.97. The molecule has 21 heavy (non-hydrogen) atoms. The molecule has 0 spiro atoms. The van der Waals surface area contributed by atoms with Crippen LogP contribution in [0.2, 0.25) is 0 Å². The third-order valence-electron chi connectivity index (χ3n) is 3.11. The molecule has 0 saturated heterocycles. The van der Waals surface area contributed by atoms with Crippen molar-refractivity contribution >= 4 is 0 Å². The van der Waals surface area contributed by atoms with Crippen LogP contribution in [0.5, 0.6) is 0 Å². The Labute approximate surface area is 120 Å². The molecule has 0 aliphatic carbocycles. The molecule has 0 radical (unpaired) electrons. The fourth-order valence-electron chi connectivity index (χ4n) is 1.99. The van der Waals surface area contributed by atoms with E-state index in [9.17, 15) is 4.39 Å². The normalized spacial score (nSPS) is 10.3. The van der Waals surface area contributed by atoms with Crippen LogP contribution in [-0.4, -0.2) is 20.0 Å². The molecule has 6 heteroatoms. The number of halogens is 1. The van der Waals surface area contributed by atoms with Gasteiger partial charge in [0.2, 0.25) is 5.95 Å². The van der Waals surface area contributed by atoms with Crippen molar-refractivity contribution in [3.8, 4) is 23.0 Å². The highest BCUT2D eigenvalue weighted by Gasteiger charge is 2.09. The maximum absolute atomic E-state index is 13.0. The predicted molar refractivity (Wildman–Crippen MR) is 74.0 cm³/mol. The lowest BCUT2D eigenvalue weighted by molar-refractivity contribution is 0.583. The van der Waals surface area contributed by atoms with Crippen molar-refractivity contribution in [3.05, 3.63) is 59.8 Å².